The monoisotopic (exact) mass is 523 g/mol. The molecule has 10 nitrogen and oxygen atoms in total. The summed E-state index contributed by atoms with van der Waals surface area (Å²) in [5.74, 6) is -6.48. The Morgan fingerprint density at radius 1 is 1.13 bits per heavy atom. The number of rotatable bonds is 4. The van der Waals surface area contributed by atoms with Gasteiger partial charge in [-0.25, -0.2) is 0 Å². The van der Waals surface area contributed by atoms with Crippen LogP contribution in [0.2, 0.25) is 0 Å². The van der Waals surface area contributed by atoms with Gasteiger partial charge in [-0.2, -0.15) is 0 Å². The number of phenols is 1. The van der Waals surface area contributed by atoms with Gasteiger partial charge in [-0.1, -0.05) is 18.2 Å². The SMILES string of the molecule is CC1C=CC(C)N1Cc1ccc(O)c2c1C[C@H]1C[C@H]3[C@H](N(C)C)C(=O)C(C(N)=O)=C(O)[C@@]3(O)C(=O)C1=C2O. The van der Waals surface area contributed by atoms with Crippen molar-refractivity contribution in [1.29, 1.82) is 0 Å². The molecule has 1 aromatic rings. The molecule has 202 valence electrons. The summed E-state index contributed by atoms with van der Waals surface area (Å²) in [4.78, 5) is 43.0. The molecular formula is C28H33N3O7. The summed E-state index contributed by atoms with van der Waals surface area (Å²) in [6.45, 7) is 4.73. The van der Waals surface area contributed by atoms with E-state index in [4.69, 9.17) is 5.73 Å². The number of hydrogen-bond acceptors (Lipinski definition) is 9. The molecule has 6 atom stereocenters. The number of ketones is 2. The summed E-state index contributed by atoms with van der Waals surface area (Å²) in [6, 6.07) is 2.58. The average Bonchev–Trinajstić information content (AvgIpc) is 3.14. The van der Waals surface area contributed by atoms with Crippen molar-refractivity contribution in [3.05, 3.63) is 57.9 Å². The zero-order chi connectivity index (χ0) is 27.8. The molecule has 1 saturated carbocycles. The number of nitrogens with zero attached hydrogens (tertiary/aromatic N) is 2. The number of Topliss-reactive ketones (excluding diaryl/α,β-unsaturated/α-hetero) is 2. The van der Waals surface area contributed by atoms with E-state index in [1.807, 2.05) is 6.07 Å². The molecule has 5 rings (SSSR count). The van der Waals surface area contributed by atoms with Crippen molar-refractivity contribution in [2.75, 3.05) is 14.1 Å². The van der Waals surface area contributed by atoms with Crippen molar-refractivity contribution in [2.24, 2.45) is 17.6 Å². The number of carbonyl (C=O) groups excluding carboxylic acids is 3. The molecule has 1 amide bonds. The van der Waals surface area contributed by atoms with Crippen LogP contribution in [0.15, 0.2) is 41.2 Å². The van der Waals surface area contributed by atoms with Crippen LogP contribution in [0, 0.1) is 11.8 Å². The predicted octanol–water partition coefficient (Wildman–Crippen LogP) is 1.11. The highest BCUT2D eigenvalue weighted by atomic mass is 16.3. The summed E-state index contributed by atoms with van der Waals surface area (Å²) >= 11 is 0. The number of aromatic hydroxyl groups is 1. The number of likely N-dealkylation sites (N-methyl/N-ethyl adjacent to an activating group) is 1. The number of primary amides is 1. The second-order valence-corrected chi connectivity index (χ2v) is 11.1. The number of benzene rings is 1. The number of amides is 1. The lowest BCUT2D eigenvalue weighted by molar-refractivity contribution is -0.153. The fourth-order valence-corrected chi connectivity index (χ4v) is 6.85. The summed E-state index contributed by atoms with van der Waals surface area (Å²) in [7, 11) is 3.16. The number of phenolic OH excluding ortho intramolecular Hbond substituents is 1. The maximum Gasteiger partial charge on any atom is 0.255 e. The minimum Gasteiger partial charge on any atom is -0.508 e. The number of carbonyl (C=O) groups is 3. The van der Waals surface area contributed by atoms with E-state index in [2.05, 4.69) is 30.9 Å². The molecule has 1 aliphatic heterocycles. The summed E-state index contributed by atoms with van der Waals surface area (Å²) in [6.07, 6.45) is 4.59. The Kier molecular flexibility index (Phi) is 6.05. The van der Waals surface area contributed by atoms with E-state index in [1.54, 1.807) is 14.1 Å². The van der Waals surface area contributed by atoms with Gasteiger partial charge in [0.2, 0.25) is 5.78 Å². The van der Waals surface area contributed by atoms with Crippen molar-refractivity contribution >= 4 is 23.2 Å². The molecule has 2 unspecified atom stereocenters. The fraction of sp³-hybridized carbons (Fsp3) is 0.464. The first kappa shape index (κ1) is 26.1. The number of nitrogens with two attached hydrogens (primary N) is 1. The van der Waals surface area contributed by atoms with Crippen LogP contribution in [0.4, 0.5) is 0 Å². The summed E-state index contributed by atoms with van der Waals surface area (Å²) < 4.78 is 0. The first-order valence-electron chi connectivity index (χ1n) is 12.7. The van der Waals surface area contributed by atoms with E-state index in [0.717, 1.165) is 5.56 Å². The van der Waals surface area contributed by atoms with Gasteiger partial charge in [0.05, 0.1) is 11.6 Å². The highest BCUT2D eigenvalue weighted by Crippen LogP contribution is 2.53. The zero-order valence-electron chi connectivity index (χ0n) is 21.8. The van der Waals surface area contributed by atoms with Crippen molar-refractivity contribution in [3.63, 3.8) is 0 Å². The zero-order valence-corrected chi connectivity index (χ0v) is 21.8. The largest absolute Gasteiger partial charge is 0.508 e. The normalized spacial score (nSPS) is 33.1. The van der Waals surface area contributed by atoms with Gasteiger partial charge in [0.25, 0.3) is 5.91 Å². The third kappa shape index (κ3) is 3.47. The first-order valence-corrected chi connectivity index (χ1v) is 12.7. The molecule has 0 saturated heterocycles. The van der Waals surface area contributed by atoms with Gasteiger partial charge >= 0.3 is 0 Å². The van der Waals surface area contributed by atoms with E-state index in [9.17, 15) is 34.8 Å². The molecule has 4 aliphatic rings. The lowest BCUT2D eigenvalue weighted by atomic mass is 9.57. The maximum atomic E-state index is 13.9. The van der Waals surface area contributed by atoms with Crippen LogP contribution < -0.4 is 5.73 Å². The molecule has 1 aromatic carbocycles. The molecular weight excluding hydrogens is 490 g/mol. The molecule has 1 heterocycles. The van der Waals surface area contributed by atoms with Crippen LogP contribution in [-0.2, 0) is 27.3 Å². The first-order chi connectivity index (χ1) is 17.8. The molecule has 0 aromatic heterocycles. The number of hydrogen-bond donors (Lipinski definition) is 5. The van der Waals surface area contributed by atoms with Gasteiger partial charge in [0.1, 0.15) is 22.8 Å². The fourth-order valence-electron chi connectivity index (χ4n) is 6.85. The van der Waals surface area contributed by atoms with Crippen molar-refractivity contribution in [3.8, 4) is 5.75 Å². The second-order valence-electron chi connectivity index (χ2n) is 11.1. The number of aliphatic hydroxyl groups is 3. The van der Waals surface area contributed by atoms with Crippen LogP contribution in [0.5, 0.6) is 5.75 Å². The Balaban J connectivity index is 1.66. The van der Waals surface area contributed by atoms with Crippen LogP contribution in [-0.4, -0.2) is 85.5 Å². The minimum absolute atomic E-state index is 0.0684. The average molecular weight is 524 g/mol. The van der Waals surface area contributed by atoms with Gasteiger partial charge in [-0.05, 0) is 63.9 Å². The number of aliphatic hydroxyl groups excluding tert-OH is 2. The summed E-state index contributed by atoms with van der Waals surface area (Å²) in [5.41, 5.74) is 3.46. The Bertz CT molecular complexity index is 1350. The van der Waals surface area contributed by atoms with E-state index in [0.29, 0.717) is 12.1 Å². The minimum atomic E-state index is -2.64. The molecule has 0 spiro atoms. The summed E-state index contributed by atoms with van der Waals surface area (Å²) in [5, 5.41) is 44.7. The second kappa shape index (κ2) is 8.79. The Labute approximate surface area is 220 Å². The quantitative estimate of drug-likeness (QED) is 0.287. The van der Waals surface area contributed by atoms with E-state index >= 15 is 0 Å². The van der Waals surface area contributed by atoms with Crippen molar-refractivity contribution < 1.29 is 34.8 Å². The van der Waals surface area contributed by atoms with Crippen LogP contribution in [0.3, 0.4) is 0 Å². The van der Waals surface area contributed by atoms with E-state index in [1.165, 1.54) is 11.0 Å². The van der Waals surface area contributed by atoms with Crippen LogP contribution in [0.1, 0.15) is 37.0 Å². The van der Waals surface area contributed by atoms with Gasteiger partial charge < -0.3 is 26.2 Å². The lowest BCUT2D eigenvalue weighted by Gasteiger charge is -2.50. The standard InChI is InChI=1S/C28H33N3O7/c1-12-5-6-13(2)31(12)11-14-7-8-18(32)20-16(14)9-15-10-17-22(30(3)4)24(34)21(27(29)37)26(36)28(17,38)25(35)19(15)23(20)33/h5-8,12-13,15,17,22,32-33,36,38H,9-11H2,1-4H3,(H2,29,37)/t12?,13?,15-,17-,22-,28-/m0/s1. The smallest absolute Gasteiger partial charge is 0.255 e. The topological polar surface area (TPSA) is 165 Å². The molecule has 10 heteroatoms. The third-order valence-corrected chi connectivity index (χ3v) is 8.77. The lowest BCUT2D eigenvalue weighted by Crippen LogP contribution is -2.65. The van der Waals surface area contributed by atoms with Crippen LogP contribution >= 0.6 is 0 Å². The van der Waals surface area contributed by atoms with Gasteiger partial charge in [-0.15, -0.1) is 0 Å². The Morgan fingerprint density at radius 3 is 2.34 bits per heavy atom. The number of fused-ring (bicyclic) bond motifs is 3. The molecule has 6 N–H and O–H groups in total. The Hall–Kier alpha value is -3.47. The molecule has 1 fully saturated rings. The van der Waals surface area contributed by atoms with Crippen LogP contribution in [0.25, 0.3) is 5.76 Å². The highest BCUT2D eigenvalue weighted by Gasteiger charge is 2.64. The molecule has 0 bridgehead atoms. The molecule has 3 aliphatic carbocycles. The van der Waals surface area contributed by atoms with Gasteiger partial charge in [-0.3, -0.25) is 24.2 Å². The van der Waals surface area contributed by atoms with Crippen molar-refractivity contribution in [2.45, 2.75) is 57.0 Å². The predicted molar refractivity (Wildman–Crippen MR) is 138 cm³/mol. The van der Waals surface area contributed by atoms with E-state index in [-0.39, 0.29) is 41.8 Å². The molecule has 38 heavy (non-hydrogen) atoms. The van der Waals surface area contributed by atoms with E-state index < -0.39 is 58.0 Å². The van der Waals surface area contributed by atoms with Gasteiger partial charge in [0, 0.05) is 30.1 Å². The van der Waals surface area contributed by atoms with Crippen molar-refractivity contribution in [1.82, 2.24) is 9.80 Å². The third-order valence-electron chi connectivity index (χ3n) is 8.77. The van der Waals surface area contributed by atoms with Gasteiger partial charge in [0.15, 0.2) is 11.4 Å². The maximum absolute atomic E-state index is 13.9. The highest BCUT2D eigenvalue weighted by molar-refractivity contribution is 6.24. The molecule has 0 radical (unpaired) electrons. The Morgan fingerprint density at radius 2 is 1.76 bits per heavy atom.